The molecule has 166 valence electrons. The molecule has 2 atom stereocenters. The number of nitrogens with zero attached hydrogens (tertiary/aromatic N) is 3. The Morgan fingerprint density at radius 3 is 2.65 bits per heavy atom. The smallest absolute Gasteiger partial charge is 0.338 e. The van der Waals surface area contributed by atoms with E-state index in [-0.39, 0.29) is 23.4 Å². The maximum Gasteiger partial charge on any atom is 0.338 e. The van der Waals surface area contributed by atoms with Crippen LogP contribution in [0.15, 0.2) is 36.5 Å². The fourth-order valence-electron chi connectivity index (χ4n) is 4.71. The van der Waals surface area contributed by atoms with Crippen molar-refractivity contribution >= 4 is 23.3 Å². The molecule has 4 rings (SSSR count). The zero-order valence-corrected chi connectivity index (χ0v) is 18.3. The Labute approximate surface area is 186 Å². The van der Waals surface area contributed by atoms with Gasteiger partial charge in [0.05, 0.1) is 18.3 Å². The van der Waals surface area contributed by atoms with Crippen LogP contribution in [-0.2, 0) is 11.2 Å². The number of hydrogen-bond acceptors (Lipinski definition) is 5. The fraction of sp³-hybridized carbons (Fsp3) is 0.478. The van der Waals surface area contributed by atoms with Gasteiger partial charge in [-0.2, -0.15) is 4.39 Å². The van der Waals surface area contributed by atoms with Gasteiger partial charge >= 0.3 is 5.97 Å². The summed E-state index contributed by atoms with van der Waals surface area (Å²) in [5.74, 6) is -1.86. The normalized spacial score (nSPS) is 23.1. The Balaban J connectivity index is 1.46. The number of carboxylic acids is 1. The summed E-state index contributed by atoms with van der Waals surface area (Å²) in [5.41, 5.74) is 1.28. The number of hydrogen-bond donors (Lipinski definition) is 1. The van der Waals surface area contributed by atoms with E-state index in [2.05, 4.69) is 28.9 Å². The van der Waals surface area contributed by atoms with Crippen LogP contribution in [0.3, 0.4) is 0 Å². The number of pyridine rings is 1. The third-order valence-electron chi connectivity index (χ3n) is 6.25. The van der Waals surface area contributed by atoms with Gasteiger partial charge in [0, 0.05) is 42.9 Å². The average molecular weight is 448 g/mol. The van der Waals surface area contributed by atoms with Gasteiger partial charge in [0.15, 0.2) is 0 Å². The van der Waals surface area contributed by atoms with Crippen LogP contribution in [0.5, 0.6) is 0 Å². The molecule has 31 heavy (non-hydrogen) atoms. The lowest BCUT2D eigenvalue weighted by Gasteiger charge is -2.46. The first kappa shape index (κ1) is 22.0. The molecule has 1 aromatic carbocycles. The van der Waals surface area contributed by atoms with Crippen LogP contribution < -0.4 is 4.90 Å². The molecule has 1 aromatic heterocycles. The van der Waals surface area contributed by atoms with Gasteiger partial charge in [0.2, 0.25) is 5.95 Å². The molecule has 3 heterocycles. The number of ether oxygens (including phenoxy) is 1. The standard InChI is InChI=1S/C23H27ClFN3O3/c1-15-13-28(19(14-31-15)12-16-2-4-17(24)5-3-16)18-7-10-27(11-8-18)21-20(23(29)30)6-9-26-22(21)25/h2-6,9,15,18-19H,7-8,10-14H2,1H3,(H,29,30)/t15-,19-/m0/s1. The van der Waals surface area contributed by atoms with E-state index in [4.69, 9.17) is 16.3 Å². The third kappa shape index (κ3) is 5.00. The molecule has 0 amide bonds. The zero-order chi connectivity index (χ0) is 22.0. The van der Waals surface area contributed by atoms with Gasteiger partial charge in [0.25, 0.3) is 0 Å². The van der Waals surface area contributed by atoms with Crippen molar-refractivity contribution in [1.82, 2.24) is 9.88 Å². The summed E-state index contributed by atoms with van der Waals surface area (Å²) in [4.78, 5) is 19.6. The largest absolute Gasteiger partial charge is 0.478 e. The van der Waals surface area contributed by atoms with Gasteiger partial charge in [-0.15, -0.1) is 0 Å². The molecule has 0 unspecified atom stereocenters. The molecule has 0 saturated carbocycles. The van der Waals surface area contributed by atoms with Crippen LogP contribution in [0.2, 0.25) is 5.02 Å². The SMILES string of the molecule is C[C@H]1CN(C2CCN(c3c(C(=O)O)ccnc3F)CC2)[C@@H](Cc2ccc(Cl)cc2)CO1. The van der Waals surface area contributed by atoms with Gasteiger partial charge in [-0.1, -0.05) is 23.7 Å². The Morgan fingerprint density at radius 2 is 1.97 bits per heavy atom. The highest BCUT2D eigenvalue weighted by Crippen LogP contribution is 2.30. The second kappa shape index (κ2) is 9.51. The summed E-state index contributed by atoms with van der Waals surface area (Å²) in [6.07, 6.45) is 3.90. The molecule has 0 aliphatic carbocycles. The van der Waals surface area contributed by atoms with Gasteiger partial charge < -0.3 is 14.7 Å². The van der Waals surface area contributed by atoms with Crippen LogP contribution in [0, 0.1) is 5.95 Å². The van der Waals surface area contributed by atoms with E-state index in [1.54, 1.807) is 0 Å². The van der Waals surface area contributed by atoms with E-state index < -0.39 is 11.9 Å². The lowest BCUT2D eigenvalue weighted by Crippen LogP contribution is -2.56. The van der Waals surface area contributed by atoms with Crippen LogP contribution in [0.1, 0.15) is 35.7 Å². The number of carboxylic acid groups (broad SMARTS) is 1. The molecule has 2 saturated heterocycles. The van der Waals surface area contributed by atoms with E-state index in [9.17, 15) is 14.3 Å². The predicted octanol–water partition coefficient (Wildman–Crippen LogP) is 3.87. The van der Waals surface area contributed by atoms with E-state index in [1.165, 1.54) is 17.8 Å². The molecule has 2 aliphatic rings. The maximum absolute atomic E-state index is 14.4. The Morgan fingerprint density at radius 1 is 1.26 bits per heavy atom. The van der Waals surface area contributed by atoms with Crippen LogP contribution in [0.4, 0.5) is 10.1 Å². The third-order valence-corrected chi connectivity index (χ3v) is 6.51. The van der Waals surface area contributed by atoms with Crippen molar-refractivity contribution in [3.05, 3.63) is 58.6 Å². The van der Waals surface area contributed by atoms with E-state index in [0.29, 0.717) is 25.7 Å². The lowest BCUT2D eigenvalue weighted by atomic mass is 9.96. The monoisotopic (exact) mass is 447 g/mol. The minimum atomic E-state index is -1.14. The minimum Gasteiger partial charge on any atom is -0.478 e. The minimum absolute atomic E-state index is 0.0356. The second-order valence-electron chi connectivity index (χ2n) is 8.35. The molecule has 0 radical (unpaired) electrons. The lowest BCUT2D eigenvalue weighted by molar-refractivity contribution is -0.0745. The molecule has 0 bridgehead atoms. The molecule has 6 nitrogen and oxygen atoms in total. The number of rotatable bonds is 5. The summed E-state index contributed by atoms with van der Waals surface area (Å²) in [5, 5.41) is 10.2. The molecule has 2 aliphatic heterocycles. The number of morpholine rings is 1. The molecular formula is C23H27ClFN3O3. The van der Waals surface area contributed by atoms with Crippen molar-refractivity contribution in [2.24, 2.45) is 0 Å². The number of halogens is 2. The molecule has 2 fully saturated rings. The van der Waals surface area contributed by atoms with Crippen LogP contribution in [0.25, 0.3) is 0 Å². The number of benzene rings is 1. The maximum atomic E-state index is 14.4. The fourth-order valence-corrected chi connectivity index (χ4v) is 4.83. The Bertz CT molecular complexity index is 919. The number of aromatic carboxylic acids is 1. The van der Waals surface area contributed by atoms with Crippen LogP contribution >= 0.6 is 11.6 Å². The number of anilines is 1. The Hall–Kier alpha value is -2.22. The van der Waals surface area contributed by atoms with Gasteiger partial charge in [-0.25, -0.2) is 9.78 Å². The average Bonchev–Trinajstić information content (AvgIpc) is 2.76. The highest BCUT2D eigenvalue weighted by Gasteiger charge is 2.35. The number of aromatic nitrogens is 1. The van der Waals surface area contributed by atoms with E-state index >= 15 is 0 Å². The highest BCUT2D eigenvalue weighted by molar-refractivity contribution is 6.30. The molecular weight excluding hydrogens is 421 g/mol. The quantitative estimate of drug-likeness (QED) is 0.702. The van der Waals surface area contributed by atoms with E-state index in [0.717, 1.165) is 30.8 Å². The first-order valence-electron chi connectivity index (χ1n) is 10.7. The van der Waals surface area contributed by atoms with Crippen molar-refractivity contribution < 1.29 is 19.0 Å². The molecule has 2 aromatic rings. The van der Waals surface area contributed by atoms with Crippen molar-refractivity contribution in [3.63, 3.8) is 0 Å². The molecule has 1 N–H and O–H groups in total. The molecule has 8 heteroatoms. The summed E-state index contributed by atoms with van der Waals surface area (Å²) in [7, 11) is 0. The Kier molecular flexibility index (Phi) is 6.74. The summed E-state index contributed by atoms with van der Waals surface area (Å²) in [6.45, 7) is 4.79. The predicted molar refractivity (Wildman–Crippen MR) is 117 cm³/mol. The number of piperidine rings is 1. The van der Waals surface area contributed by atoms with Crippen molar-refractivity contribution in [2.45, 2.75) is 44.4 Å². The number of carbonyl (C=O) groups is 1. The topological polar surface area (TPSA) is 65.9 Å². The van der Waals surface area contributed by atoms with Gasteiger partial charge in [-0.05, 0) is 49.9 Å². The first-order chi connectivity index (χ1) is 14.9. The first-order valence-corrected chi connectivity index (χ1v) is 11.0. The molecule has 0 spiro atoms. The van der Waals surface area contributed by atoms with Crippen molar-refractivity contribution in [1.29, 1.82) is 0 Å². The van der Waals surface area contributed by atoms with Crippen molar-refractivity contribution in [3.8, 4) is 0 Å². The summed E-state index contributed by atoms with van der Waals surface area (Å²) >= 11 is 6.02. The van der Waals surface area contributed by atoms with E-state index in [1.807, 2.05) is 17.0 Å². The van der Waals surface area contributed by atoms with Crippen LogP contribution in [-0.4, -0.2) is 65.4 Å². The summed E-state index contributed by atoms with van der Waals surface area (Å²) < 4.78 is 20.3. The summed E-state index contributed by atoms with van der Waals surface area (Å²) in [6, 6.07) is 9.90. The second-order valence-corrected chi connectivity index (χ2v) is 8.78. The van der Waals surface area contributed by atoms with Crippen molar-refractivity contribution in [2.75, 3.05) is 31.1 Å². The zero-order valence-electron chi connectivity index (χ0n) is 17.5. The highest BCUT2D eigenvalue weighted by atomic mass is 35.5. The van der Waals surface area contributed by atoms with Gasteiger partial charge in [-0.3, -0.25) is 4.90 Å². The van der Waals surface area contributed by atoms with Gasteiger partial charge in [0.1, 0.15) is 5.69 Å².